The minimum Gasteiger partial charge on any atom is -0.368 e. The lowest BCUT2D eigenvalue weighted by atomic mass is 9.89. The van der Waals surface area contributed by atoms with Crippen LogP contribution in [-0.2, 0) is 7.05 Å². The molecule has 4 heteroatoms. The van der Waals surface area contributed by atoms with Gasteiger partial charge in [-0.2, -0.15) is 5.10 Å². The van der Waals surface area contributed by atoms with Crippen LogP contribution in [0.3, 0.4) is 0 Å². The Morgan fingerprint density at radius 1 is 1.71 bits per heavy atom. The monoisotopic (exact) mass is 194 g/mol. The number of hydrogen-bond donors (Lipinski definition) is 2. The summed E-state index contributed by atoms with van der Waals surface area (Å²) in [5, 5.41) is 10.9. The van der Waals surface area contributed by atoms with E-state index >= 15 is 0 Å². The molecule has 1 aliphatic heterocycles. The van der Waals surface area contributed by atoms with Gasteiger partial charge in [-0.3, -0.25) is 4.68 Å². The second kappa shape index (κ2) is 4.00. The van der Waals surface area contributed by atoms with Gasteiger partial charge in [0, 0.05) is 25.9 Å². The average Bonchev–Trinajstić information content (AvgIpc) is 2.45. The van der Waals surface area contributed by atoms with Gasteiger partial charge in [-0.25, -0.2) is 0 Å². The van der Waals surface area contributed by atoms with Crippen LogP contribution in [0.2, 0.25) is 0 Å². The van der Waals surface area contributed by atoms with Crippen molar-refractivity contribution in [2.24, 2.45) is 18.9 Å². The maximum Gasteiger partial charge on any atom is 0.147 e. The van der Waals surface area contributed by atoms with Crippen LogP contribution in [0.4, 0.5) is 5.82 Å². The SMILES string of the molecule is CC(CNc1ccn(C)n1)C1CNC1. The van der Waals surface area contributed by atoms with Gasteiger partial charge in [-0.15, -0.1) is 0 Å². The van der Waals surface area contributed by atoms with E-state index in [1.807, 2.05) is 24.0 Å². The van der Waals surface area contributed by atoms with Gasteiger partial charge in [0.1, 0.15) is 5.82 Å². The summed E-state index contributed by atoms with van der Waals surface area (Å²) in [4.78, 5) is 0. The van der Waals surface area contributed by atoms with E-state index in [-0.39, 0.29) is 0 Å². The summed E-state index contributed by atoms with van der Waals surface area (Å²) in [6.07, 6.45) is 1.96. The minimum atomic E-state index is 0.721. The molecule has 14 heavy (non-hydrogen) atoms. The maximum absolute atomic E-state index is 4.28. The van der Waals surface area contributed by atoms with Gasteiger partial charge in [0.2, 0.25) is 0 Å². The Kier molecular flexibility index (Phi) is 2.72. The highest BCUT2D eigenvalue weighted by Gasteiger charge is 2.23. The molecule has 2 heterocycles. The predicted molar refractivity (Wildman–Crippen MR) is 57.2 cm³/mol. The van der Waals surface area contributed by atoms with Gasteiger partial charge in [0.25, 0.3) is 0 Å². The van der Waals surface area contributed by atoms with Gasteiger partial charge in [-0.1, -0.05) is 6.92 Å². The number of anilines is 1. The lowest BCUT2D eigenvalue weighted by Crippen LogP contribution is -2.46. The predicted octanol–water partition coefficient (Wildman–Crippen LogP) is 0.687. The van der Waals surface area contributed by atoms with Crippen molar-refractivity contribution in [1.82, 2.24) is 15.1 Å². The van der Waals surface area contributed by atoms with E-state index in [1.54, 1.807) is 0 Å². The first-order valence-electron chi connectivity index (χ1n) is 5.20. The first-order valence-corrected chi connectivity index (χ1v) is 5.20. The second-order valence-corrected chi connectivity index (χ2v) is 4.15. The van der Waals surface area contributed by atoms with E-state index in [4.69, 9.17) is 0 Å². The minimum absolute atomic E-state index is 0.721. The number of rotatable bonds is 4. The fourth-order valence-corrected chi connectivity index (χ4v) is 1.65. The van der Waals surface area contributed by atoms with Crippen LogP contribution >= 0.6 is 0 Å². The molecule has 1 aromatic heterocycles. The molecule has 2 N–H and O–H groups in total. The highest BCUT2D eigenvalue weighted by atomic mass is 15.3. The van der Waals surface area contributed by atoms with Crippen molar-refractivity contribution in [3.8, 4) is 0 Å². The Bertz CT molecular complexity index is 290. The Morgan fingerprint density at radius 3 is 3.00 bits per heavy atom. The number of nitrogens with one attached hydrogen (secondary N) is 2. The van der Waals surface area contributed by atoms with E-state index < -0.39 is 0 Å². The third-order valence-corrected chi connectivity index (χ3v) is 2.94. The summed E-state index contributed by atoms with van der Waals surface area (Å²) >= 11 is 0. The largest absolute Gasteiger partial charge is 0.368 e. The molecule has 1 aliphatic rings. The summed E-state index contributed by atoms with van der Waals surface area (Å²) in [5.74, 6) is 2.54. The Hall–Kier alpha value is -1.03. The summed E-state index contributed by atoms with van der Waals surface area (Å²) in [6.45, 7) is 5.65. The molecule has 4 nitrogen and oxygen atoms in total. The van der Waals surface area contributed by atoms with Crippen molar-refractivity contribution in [3.05, 3.63) is 12.3 Å². The highest BCUT2D eigenvalue weighted by Crippen LogP contribution is 2.16. The molecule has 1 saturated heterocycles. The van der Waals surface area contributed by atoms with Crippen molar-refractivity contribution in [3.63, 3.8) is 0 Å². The summed E-state index contributed by atoms with van der Waals surface area (Å²) in [7, 11) is 1.93. The van der Waals surface area contributed by atoms with Crippen LogP contribution in [0, 0.1) is 11.8 Å². The molecule has 0 aromatic carbocycles. The van der Waals surface area contributed by atoms with Crippen molar-refractivity contribution < 1.29 is 0 Å². The lowest BCUT2D eigenvalue weighted by molar-refractivity contribution is 0.258. The Labute approximate surface area is 84.7 Å². The zero-order valence-electron chi connectivity index (χ0n) is 8.83. The van der Waals surface area contributed by atoms with Crippen LogP contribution in [0.5, 0.6) is 0 Å². The molecule has 2 rings (SSSR count). The first kappa shape index (κ1) is 9.52. The fourth-order valence-electron chi connectivity index (χ4n) is 1.65. The molecule has 1 aromatic rings. The number of hydrogen-bond acceptors (Lipinski definition) is 3. The Morgan fingerprint density at radius 2 is 2.50 bits per heavy atom. The molecule has 78 valence electrons. The summed E-state index contributed by atoms with van der Waals surface area (Å²) < 4.78 is 1.82. The molecule has 1 unspecified atom stereocenters. The molecular weight excluding hydrogens is 176 g/mol. The summed E-state index contributed by atoms with van der Waals surface area (Å²) in [5.41, 5.74) is 0. The number of aryl methyl sites for hydroxylation is 1. The zero-order chi connectivity index (χ0) is 9.97. The topological polar surface area (TPSA) is 41.9 Å². The van der Waals surface area contributed by atoms with Gasteiger partial charge >= 0.3 is 0 Å². The van der Waals surface area contributed by atoms with Crippen LogP contribution in [0.1, 0.15) is 6.92 Å². The van der Waals surface area contributed by atoms with Crippen LogP contribution < -0.4 is 10.6 Å². The first-order chi connectivity index (χ1) is 6.75. The smallest absolute Gasteiger partial charge is 0.147 e. The summed E-state index contributed by atoms with van der Waals surface area (Å²) in [6, 6.07) is 2.01. The van der Waals surface area contributed by atoms with Crippen molar-refractivity contribution in [2.45, 2.75) is 6.92 Å². The van der Waals surface area contributed by atoms with Crippen LogP contribution in [0.25, 0.3) is 0 Å². The maximum atomic E-state index is 4.28. The average molecular weight is 194 g/mol. The molecule has 0 amide bonds. The second-order valence-electron chi connectivity index (χ2n) is 4.15. The zero-order valence-corrected chi connectivity index (χ0v) is 8.83. The van der Waals surface area contributed by atoms with Crippen LogP contribution in [0.15, 0.2) is 12.3 Å². The highest BCUT2D eigenvalue weighted by molar-refractivity contribution is 5.31. The molecule has 0 aliphatic carbocycles. The van der Waals surface area contributed by atoms with Gasteiger partial charge in [0.15, 0.2) is 0 Å². The standard InChI is InChI=1S/C10H18N4/c1-8(9-6-11-7-9)5-12-10-3-4-14(2)13-10/h3-4,8-9,11H,5-7H2,1-2H3,(H,12,13). The van der Waals surface area contributed by atoms with Gasteiger partial charge in [-0.05, 0) is 24.9 Å². The van der Waals surface area contributed by atoms with E-state index in [0.717, 1.165) is 24.2 Å². The Balaban J connectivity index is 1.76. The van der Waals surface area contributed by atoms with Gasteiger partial charge < -0.3 is 10.6 Å². The third-order valence-electron chi connectivity index (χ3n) is 2.94. The van der Waals surface area contributed by atoms with E-state index in [2.05, 4.69) is 22.7 Å². The van der Waals surface area contributed by atoms with Crippen molar-refractivity contribution >= 4 is 5.82 Å². The molecule has 0 saturated carbocycles. The molecular formula is C10H18N4. The quantitative estimate of drug-likeness (QED) is 0.741. The molecule has 1 atom stereocenters. The van der Waals surface area contributed by atoms with Crippen molar-refractivity contribution in [1.29, 1.82) is 0 Å². The fraction of sp³-hybridized carbons (Fsp3) is 0.700. The molecule has 1 fully saturated rings. The number of nitrogens with zero attached hydrogens (tertiary/aromatic N) is 2. The van der Waals surface area contributed by atoms with E-state index in [9.17, 15) is 0 Å². The third kappa shape index (κ3) is 2.07. The van der Waals surface area contributed by atoms with Crippen LogP contribution in [-0.4, -0.2) is 29.4 Å². The van der Waals surface area contributed by atoms with Crippen molar-refractivity contribution in [2.75, 3.05) is 25.0 Å². The molecule has 0 bridgehead atoms. The lowest BCUT2D eigenvalue weighted by Gasteiger charge is -2.32. The normalized spacial score (nSPS) is 19.0. The molecule has 0 spiro atoms. The van der Waals surface area contributed by atoms with E-state index in [0.29, 0.717) is 0 Å². The molecule has 0 radical (unpaired) electrons. The van der Waals surface area contributed by atoms with E-state index in [1.165, 1.54) is 13.1 Å². The number of aromatic nitrogens is 2. The van der Waals surface area contributed by atoms with Gasteiger partial charge in [0.05, 0.1) is 0 Å².